The van der Waals surface area contributed by atoms with Crippen LogP contribution in [0.5, 0.6) is 5.88 Å². The molecule has 1 saturated heterocycles. The summed E-state index contributed by atoms with van der Waals surface area (Å²) in [7, 11) is 1.32. The minimum absolute atomic E-state index is 0.00190. The van der Waals surface area contributed by atoms with Gasteiger partial charge in [-0.3, -0.25) is 9.69 Å². The van der Waals surface area contributed by atoms with E-state index in [0.29, 0.717) is 6.07 Å². The maximum atomic E-state index is 13.2. The van der Waals surface area contributed by atoms with E-state index in [9.17, 15) is 27.6 Å². The average Bonchev–Trinajstić information content (AvgIpc) is 3.06. The molecule has 10 nitrogen and oxygen atoms in total. The molecular formula is C18H16F3N5O5. The van der Waals surface area contributed by atoms with Crippen molar-refractivity contribution in [1.82, 2.24) is 9.97 Å². The van der Waals surface area contributed by atoms with Crippen molar-refractivity contribution in [1.29, 1.82) is 0 Å². The summed E-state index contributed by atoms with van der Waals surface area (Å²) in [5.41, 5.74) is 3.91. The van der Waals surface area contributed by atoms with E-state index in [1.165, 1.54) is 32.2 Å². The standard InChI is InChI=1S/C18H16F3N5O5/c1-9-6-10(18(19,20)21)7-13(23-9)26-11(8-30-17(26)29)15(27)25(2)12-4-3-5-14(24-12)31-16(22)28/h3-7,11H,8H2,1-2H3,(H2,22,28). The van der Waals surface area contributed by atoms with Gasteiger partial charge in [0.25, 0.3) is 5.91 Å². The van der Waals surface area contributed by atoms with Gasteiger partial charge in [-0.2, -0.15) is 18.2 Å². The number of anilines is 2. The highest BCUT2D eigenvalue weighted by molar-refractivity contribution is 6.05. The van der Waals surface area contributed by atoms with Crippen molar-refractivity contribution in [3.05, 3.63) is 41.6 Å². The topological polar surface area (TPSA) is 128 Å². The number of hydrogen-bond donors (Lipinski definition) is 1. The second-order valence-electron chi connectivity index (χ2n) is 6.47. The molecule has 0 radical (unpaired) electrons. The summed E-state index contributed by atoms with van der Waals surface area (Å²) in [5, 5.41) is 0. The Kier molecular flexibility index (Phi) is 5.69. The number of carbonyl (C=O) groups is 3. The Labute approximate surface area is 173 Å². The quantitative estimate of drug-likeness (QED) is 0.774. The van der Waals surface area contributed by atoms with Crippen LogP contribution < -0.4 is 20.3 Å². The van der Waals surface area contributed by atoms with Crippen LogP contribution >= 0.6 is 0 Å². The van der Waals surface area contributed by atoms with Gasteiger partial charge in [0.2, 0.25) is 5.88 Å². The van der Waals surface area contributed by atoms with Crippen molar-refractivity contribution in [3.8, 4) is 5.88 Å². The summed E-state index contributed by atoms with van der Waals surface area (Å²) < 4.78 is 49.1. The van der Waals surface area contributed by atoms with E-state index in [1.54, 1.807) is 0 Å². The number of aryl methyl sites for hydroxylation is 1. The lowest BCUT2D eigenvalue weighted by Crippen LogP contribution is -2.47. The number of aromatic nitrogens is 2. The SMILES string of the molecule is Cc1cc(C(F)(F)F)cc(N2C(=O)OCC2C(=O)N(C)c2cccc(OC(N)=O)n2)n1. The Morgan fingerprint density at radius 2 is 2.00 bits per heavy atom. The monoisotopic (exact) mass is 439 g/mol. The molecule has 3 amide bonds. The molecule has 1 unspecified atom stereocenters. The summed E-state index contributed by atoms with van der Waals surface area (Å²) in [5.74, 6) is -1.22. The number of pyridine rings is 2. The molecule has 3 rings (SSSR count). The lowest BCUT2D eigenvalue weighted by molar-refractivity contribution is -0.137. The predicted octanol–water partition coefficient (Wildman–Crippen LogP) is 2.25. The van der Waals surface area contributed by atoms with Gasteiger partial charge < -0.3 is 15.2 Å². The minimum atomic E-state index is -4.67. The van der Waals surface area contributed by atoms with E-state index in [-0.39, 0.29) is 23.2 Å². The molecule has 164 valence electrons. The molecule has 1 atom stereocenters. The van der Waals surface area contributed by atoms with E-state index >= 15 is 0 Å². The third-order valence-electron chi connectivity index (χ3n) is 4.26. The first-order valence-corrected chi connectivity index (χ1v) is 8.71. The lowest BCUT2D eigenvalue weighted by atomic mass is 10.2. The van der Waals surface area contributed by atoms with Gasteiger partial charge in [-0.15, -0.1) is 0 Å². The molecule has 2 aromatic heterocycles. The molecule has 13 heteroatoms. The van der Waals surface area contributed by atoms with E-state index in [2.05, 4.69) is 14.7 Å². The second kappa shape index (κ2) is 8.08. The minimum Gasteiger partial charge on any atom is -0.446 e. The van der Waals surface area contributed by atoms with Crippen molar-refractivity contribution in [2.45, 2.75) is 19.1 Å². The number of ether oxygens (including phenoxy) is 2. The Balaban J connectivity index is 1.92. The van der Waals surface area contributed by atoms with Gasteiger partial charge in [0.05, 0.1) is 5.56 Å². The van der Waals surface area contributed by atoms with Crippen molar-refractivity contribution >= 4 is 29.7 Å². The lowest BCUT2D eigenvalue weighted by Gasteiger charge is -2.25. The van der Waals surface area contributed by atoms with Crippen molar-refractivity contribution < 1.29 is 37.0 Å². The number of nitrogens with two attached hydrogens (primary N) is 1. The maximum Gasteiger partial charge on any atom is 0.416 e. The summed E-state index contributed by atoms with van der Waals surface area (Å²) in [6.07, 6.45) is -6.80. The zero-order valence-corrected chi connectivity index (χ0v) is 16.2. The van der Waals surface area contributed by atoms with Gasteiger partial charge in [-0.05, 0) is 25.1 Å². The average molecular weight is 439 g/mol. The third-order valence-corrected chi connectivity index (χ3v) is 4.26. The zero-order chi connectivity index (χ0) is 22.9. The number of hydrogen-bond acceptors (Lipinski definition) is 7. The molecule has 0 spiro atoms. The number of likely N-dealkylation sites (N-methyl/N-ethyl adjacent to an activating group) is 1. The van der Waals surface area contributed by atoms with Gasteiger partial charge in [-0.1, -0.05) is 6.07 Å². The van der Waals surface area contributed by atoms with Gasteiger partial charge in [0.15, 0.2) is 6.04 Å². The molecule has 0 aliphatic carbocycles. The van der Waals surface area contributed by atoms with Crippen LogP contribution in [0, 0.1) is 6.92 Å². The molecule has 1 aliphatic heterocycles. The van der Waals surface area contributed by atoms with Crippen molar-refractivity contribution in [3.63, 3.8) is 0 Å². The highest BCUT2D eigenvalue weighted by Gasteiger charge is 2.43. The molecular weight excluding hydrogens is 423 g/mol. The highest BCUT2D eigenvalue weighted by Crippen LogP contribution is 2.33. The number of amides is 3. The van der Waals surface area contributed by atoms with Crippen LogP contribution in [0.1, 0.15) is 11.3 Å². The molecule has 1 aliphatic rings. The summed E-state index contributed by atoms with van der Waals surface area (Å²) in [6, 6.07) is 4.38. The number of nitrogens with zero attached hydrogens (tertiary/aromatic N) is 4. The molecule has 2 N–H and O–H groups in total. The van der Waals surface area contributed by atoms with Crippen LogP contribution in [0.4, 0.5) is 34.4 Å². The van der Waals surface area contributed by atoms with E-state index < -0.39 is 42.5 Å². The number of cyclic esters (lactones) is 1. The molecule has 0 aromatic carbocycles. The smallest absolute Gasteiger partial charge is 0.416 e. The van der Waals surface area contributed by atoms with Gasteiger partial charge in [0, 0.05) is 18.8 Å². The van der Waals surface area contributed by atoms with Crippen LogP contribution in [0.15, 0.2) is 30.3 Å². The molecule has 1 fully saturated rings. The molecule has 0 saturated carbocycles. The predicted molar refractivity (Wildman–Crippen MR) is 99.4 cm³/mol. The number of alkyl halides is 3. The maximum absolute atomic E-state index is 13.2. The van der Waals surface area contributed by atoms with Crippen molar-refractivity contribution in [2.75, 3.05) is 23.5 Å². The van der Waals surface area contributed by atoms with Gasteiger partial charge in [-0.25, -0.2) is 19.5 Å². The third kappa shape index (κ3) is 4.65. The van der Waals surface area contributed by atoms with Gasteiger partial charge in [0.1, 0.15) is 18.2 Å². The fourth-order valence-electron chi connectivity index (χ4n) is 2.88. The van der Waals surface area contributed by atoms with Crippen LogP contribution in [0.2, 0.25) is 0 Å². The van der Waals surface area contributed by atoms with E-state index in [0.717, 1.165) is 15.9 Å². The first kappa shape index (κ1) is 21.8. The second-order valence-corrected chi connectivity index (χ2v) is 6.47. The summed E-state index contributed by atoms with van der Waals surface area (Å²) in [4.78, 5) is 45.8. The molecule has 2 aromatic rings. The zero-order valence-electron chi connectivity index (χ0n) is 16.2. The molecule has 0 bridgehead atoms. The van der Waals surface area contributed by atoms with E-state index in [1.807, 2.05) is 0 Å². The fourth-order valence-corrected chi connectivity index (χ4v) is 2.88. The fraction of sp³-hybridized carbons (Fsp3) is 0.278. The summed E-state index contributed by atoms with van der Waals surface area (Å²) >= 11 is 0. The Morgan fingerprint density at radius 1 is 1.29 bits per heavy atom. The highest BCUT2D eigenvalue weighted by atomic mass is 19.4. The molecule has 3 heterocycles. The van der Waals surface area contributed by atoms with Crippen LogP contribution in [-0.2, 0) is 15.7 Å². The first-order valence-electron chi connectivity index (χ1n) is 8.71. The Hall–Kier alpha value is -3.90. The normalized spacial score (nSPS) is 16.1. The van der Waals surface area contributed by atoms with Crippen molar-refractivity contribution in [2.24, 2.45) is 5.73 Å². The number of primary amides is 1. The number of rotatable bonds is 4. The number of carbonyl (C=O) groups excluding carboxylic acids is 3. The van der Waals surface area contributed by atoms with Crippen LogP contribution in [-0.4, -0.2) is 47.8 Å². The first-order chi connectivity index (χ1) is 14.5. The molecule has 31 heavy (non-hydrogen) atoms. The summed E-state index contributed by atoms with van der Waals surface area (Å²) in [6.45, 7) is 0.924. The largest absolute Gasteiger partial charge is 0.446 e. The van der Waals surface area contributed by atoms with E-state index in [4.69, 9.17) is 10.5 Å². The van der Waals surface area contributed by atoms with Gasteiger partial charge >= 0.3 is 18.4 Å². The Morgan fingerprint density at radius 3 is 2.65 bits per heavy atom. The van der Waals surface area contributed by atoms with Crippen LogP contribution in [0.3, 0.4) is 0 Å². The Bertz CT molecular complexity index is 1050. The number of halogens is 3. The van der Waals surface area contributed by atoms with Crippen LogP contribution in [0.25, 0.3) is 0 Å².